The van der Waals surface area contributed by atoms with Crippen LogP contribution in [-0.4, -0.2) is 0 Å². The van der Waals surface area contributed by atoms with Crippen LogP contribution in [0.25, 0.3) is 78.6 Å². The third-order valence-electron chi connectivity index (χ3n) is 21.9. The molecule has 2 aliphatic carbocycles. The Bertz CT molecular complexity index is 6110. The standard InChI is InChI=1S/C102H66F4N2O3/c1-3-65-29-43-81(44-30-65)109-83-47-35-73(36-48-83)101(71-19-7-5-8-20-71)91-27-13-11-25-85(91)87-51-33-69(59-93(87)101)67-17-15-23-75(57-67)107(77-41-55-95(103)97(105)61-77)79-39-53-89-90-54-40-80(64-100(90)111-99(89)63-79)108(78-42-56-96(104)98(106)62-78)76-24-16-18-68(58-76)70-34-52-88-86-26-12-14-28-92(86)102(94(88)60-70,72-21-9-6-10-22-72)74-37-49-84(50-38-74)110-82-45-31-66(4-2)32-46-82/h3-64H,1-2H2. The molecule has 1 heterocycles. The number of hydrogen-bond acceptors (Lipinski definition) is 5. The van der Waals surface area contributed by atoms with Crippen LogP contribution in [0.1, 0.15) is 55.6 Å². The molecule has 1 aromatic heterocycles. The summed E-state index contributed by atoms with van der Waals surface area (Å²) < 4.78 is 81.4. The molecule has 0 saturated carbocycles. The van der Waals surface area contributed by atoms with E-state index in [9.17, 15) is 0 Å². The Labute approximate surface area is 640 Å². The molecule has 0 aliphatic heterocycles. The van der Waals surface area contributed by atoms with Crippen LogP contribution >= 0.6 is 0 Å². The molecular formula is C102H66F4N2O3. The number of benzene rings is 16. The Balaban J connectivity index is 0.684. The second kappa shape index (κ2) is 27.5. The van der Waals surface area contributed by atoms with E-state index in [1.807, 2.05) is 168 Å². The van der Waals surface area contributed by atoms with Crippen LogP contribution in [-0.2, 0) is 10.8 Å². The molecule has 19 rings (SSSR count). The van der Waals surface area contributed by atoms with Crippen LogP contribution in [0.2, 0.25) is 0 Å². The molecule has 0 saturated heterocycles. The first kappa shape index (κ1) is 67.3. The average Bonchev–Trinajstić information content (AvgIpc) is 1.55. The van der Waals surface area contributed by atoms with Crippen LogP contribution in [0.3, 0.4) is 0 Å². The fraction of sp³-hybridized carbons (Fsp3) is 0.0196. The van der Waals surface area contributed by atoms with E-state index >= 15 is 17.6 Å². The second-order valence-corrected chi connectivity index (χ2v) is 28.1. The molecule has 2 aliphatic rings. The Hall–Kier alpha value is -14.3. The van der Waals surface area contributed by atoms with Crippen molar-refractivity contribution < 1.29 is 31.5 Å². The smallest absolute Gasteiger partial charge is 0.160 e. The zero-order valence-electron chi connectivity index (χ0n) is 59.8. The summed E-state index contributed by atoms with van der Waals surface area (Å²) in [6.45, 7) is 7.80. The first-order valence-corrected chi connectivity index (χ1v) is 36.8. The highest BCUT2D eigenvalue weighted by Gasteiger charge is 2.48. The predicted molar refractivity (Wildman–Crippen MR) is 442 cm³/mol. The summed E-state index contributed by atoms with van der Waals surface area (Å²) in [4.78, 5) is 3.80. The van der Waals surface area contributed by atoms with E-state index < -0.39 is 34.1 Å². The van der Waals surface area contributed by atoms with Gasteiger partial charge in [0.2, 0.25) is 0 Å². The number of anilines is 6. The lowest BCUT2D eigenvalue weighted by atomic mass is 9.67. The molecule has 9 heteroatoms. The maximum absolute atomic E-state index is 15.8. The monoisotopic (exact) mass is 1440 g/mol. The molecule has 0 radical (unpaired) electrons. The Morgan fingerprint density at radius 1 is 0.261 bits per heavy atom. The van der Waals surface area contributed by atoms with Gasteiger partial charge < -0.3 is 23.7 Å². The highest BCUT2D eigenvalue weighted by Crippen LogP contribution is 2.59. The number of furan rings is 1. The Morgan fingerprint density at radius 3 is 0.991 bits per heavy atom. The molecule has 0 N–H and O–H groups in total. The van der Waals surface area contributed by atoms with E-state index in [2.05, 4.69) is 195 Å². The van der Waals surface area contributed by atoms with E-state index in [1.54, 1.807) is 12.1 Å². The Kier molecular flexibility index (Phi) is 16.7. The number of nitrogens with zero attached hydrogens (tertiary/aromatic N) is 2. The van der Waals surface area contributed by atoms with Gasteiger partial charge in [-0.1, -0.05) is 232 Å². The number of ether oxygens (including phenoxy) is 2. The molecule has 2 unspecified atom stereocenters. The molecule has 0 fully saturated rings. The van der Waals surface area contributed by atoms with E-state index in [4.69, 9.17) is 13.9 Å². The minimum absolute atomic E-state index is 0.380. The van der Waals surface area contributed by atoms with Gasteiger partial charge in [-0.05, 0) is 234 Å². The summed E-state index contributed by atoms with van der Waals surface area (Å²) in [5, 5.41) is 1.60. The molecular weight excluding hydrogens is 1380 g/mol. The van der Waals surface area contributed by atoms with E-state index in [-0.39, 0.29) is 0 Å². The van der Waals surface area contributed by atoms with Crippen LogP contribution in [0.15, 0.2) is 382 Å². The van der Waals surface area contributed by atoms with Crippen LogP contribution < -0.4 is 19.3 Å². The number of fused-ring (bicyclic) bond motifs is 9. The normalized spacial score (nSPS) is 14.5. The fourth-order valence-electron chi connectivity index (χ4n) is 16.9. The highest BCUT2D eigenvalue weighted by atomic mass is 19.2. The largest absolute Gasteiger partial charge is 0.457 e. The lowest BCUT2D eigenvalue weighted by Gasteiger charge is -2.34. The lowest BCUT2D eigenvalue weighted by Crippen LogP contribution is -2.28. The summed E-state index contributed by atoms with van der Waals surface area (Å²) in [7, 11) is 0. The third kappa shape index (κ3) is 11.6. The van der Waals surface area contributed by atoms with Gasteiger partial charge >= 0.3 is 0 Å². The van der Waals surface area contributed by atoms with Crippen LogP contribution in [0.5, 0.6) is 23.0 Å². The zero-order valence-corrected chi connectivity index (χ0v) is 59.8. The Morgan fingerprint density at radius 2 is 0.595 bits per heavy atom. The van der Waals surface area contributed by atoms with Crippen molar-refractivity contribution in [2.75, 3.05) is 9.80 Å². The van der Waals surface area contributed by atoms with Gasteiger partial charge in [0.25, 0.3) is 0 Å². The van der Waals surface area contributed by atoms with Crippen molar-refractivity contribution in [3.05, 3.63) is 456 Å². The minimum Gasteiger partial charge on any atom is -0.457 e. The number of halogens is 4. The van der Waals surface area contributed by atoms with Crippen molar-refractivity contribution in [2.24, 2.45) is 0 Å². The topological polar surface area (TPSA) is 38.1 Å². The van der Waals surface area contributed by atoms with Crippen molar-refractivity contribution in [2.45, 2.75) is 10.8 Å². The summed E-state index contributed by atoms with van der Waals surface area (Å²) in [5.74, 6) is -1.09. The van der Waals surface area contributed by atoms with Crippen molar-refractivity contribution in [3.63, 3.8) is 0 Å². The molecule has 111 heavy (non-hydrogen) atoms. The van der Waals surface area contributed by atoms with Crippen LogP contribution in [0, 0.1) is 23.3 Å². The molecule has 0 bridgehead atoms. The zero-order chi connectivity index (χ0) is 74.9. The van der Waals surface area contributed by atoms with Crippen LogP contribution in [0.4, 0.5) is 51.7 Å². The maximum atomic E-state index is 15.8. The van der Waals surface area contributed by atoms with E-state index in [0.717, 1.165) is 135 Å². The summed E-state index contributed by atoms with van der Waals surface area (Å²) >= 11 is 0. The molecule has 2 atom stereocenters. The van der Waals surface area contributed by atoms with Gasteiger partial charge in [0.05, 0.1) is 10.8 Å². The van der Waals surface area contributed by atoms with Crippen molar-refractivity contribution >= 4 is 68.2 Å². The summed E-state index contributed by atoms with van der Waals surface area (Å²) in [5.41, 5.74) is 21.9. The molecule has 16 aromatic carbocycles. The molecule has 5 nitrogen and oxygen atoms in total. The maximum Gasteiger partial charge on any atom is 0.160 e. The predicted octanol–water partition coefficient (Wildman–Crippen LogP) is 28.0. The minimum atomic E-state index is -1.00. The van der Waals surface area contributed by atoms with Crippen molar-refractivity contribution in [1.82, 2.24) is 0 Å². The van der Waals surface area contributed by atoms with Gasteiger partial charge in [-0.15, -0.1) is 0 Å². The second-order valence-electron chi connectivity index (χ2n) is 28.1. The average molecular weight is 1440 g/mol. The molecule has 17 aromatic rings. The third-order valence-corrected chi connectivity index (χ3v) is 21.9. The van der Waals surface area contributed by atoms with E-state index in [0.29, 0.717) is 56.8 Å². The van der Waals surface area contributed by atoms with Gasteiger partial charge in [0.15, 0.2) is 23.3 Å². The first-order valence-electron chi connectivity index (χ1n) is 36.8. The first-order chi connectivity index (χ1) is 54.5. The summed E-state index contributed by atoms with van der Waals surface area (Å²) in [6.07, 6.45) is 3.61. The van der Waals surface area contributed by atoms with Crippen molar-refractivity contribution in [3.8, 4) is 67.5 Å². The fourth-order valence-corrected chi connectivity index (χ4v) is 16.9. The number of rotatable bonds is 18. The molecule has 0 amide bonds. The quantitative estimate of drug-likeness (QED) is 0.0801. The van der Waals surface area contributed by atoms with Gasteiger partial charge in [0, 0.05) is 69.2 Å². The lowest BCUT2D eigenvalue weighted by molar-refractivity contribution is 0.482. The SMILES string of the molecule is C=Cc1ccc(Oc2ccc(C3(c4ccccc4)c4ccccc4-c4ccc(-c5cccc(N(c6ccc(F)c(F)c6)c6ccc7c(c6)oc6cc(N(c8cccc(-c9ccc%10c(c9)C(c9ccccc9)(c9ccc(Oc%11ccc(C=C)cc%11)cc9)c9ccccc9-%10)c8)c8ccc(F)c(F)c8)ccc67)c5)cc43)cc2)cc1. The van der Waals surface area contributed by atoms with Gasteiger partial charge in [-0.25, -0.2) is 17.6 Å². The molecule has 0 spiro atoms. The van der Waals surface area contributed by atoms with E-state index in [1.165, 1.54) is 12.1 Å². The van der Waals surface area contributed by atoms with Crippen molar-refractivity contribution in [1.29, 1.82) is 0 Å². The van der Waals surface area contributed by atoms with Gasteiger partial charge in [0.1, 0.15) is 34.2 Å². The highest BCUT2D eigenvalue weighted by molar-refractivity contribution is 6.07. The number of hydrogen-bond donors (Lipinski definition) is 0. The summed E-state index contributed by atoms with van der Waals surface area (Å²) in [6, 6.07) is 120. The van der Waals surface area contributed by atoms with Gasteiger partial charge in [-0.2, -0.15) is 0 Å². The molecule has 530 valence electrons. The van der Waals surface area contributed by atoms with Gasteiger partial charge in [-0.3, -0.25) is 0 Å².